The Balaban J connectivity index is 0.765. The van der Waals surface area contributed by atoms with E-state index in [0.29, 0.717) is 18.3 Å². The molecule has 5 aromatic rings. The van der Waals surface area contributed by atoms with Crippen molar-refractivity contribution in [2.75, 3.05) is 49.5 Å². The topological polar surface area (TPSA) is 167 Å². The summed E-state index contributed by atoms with van der Waals surface area (Å²) in [7, 11) is 0. The standard InChI is InChI=1S/C36H36N10O5S/c47-31-12-10-27(33(48)41-31)45-34(49)25-5-4-6-28(32(25)35(45)50)51-18-3-1-2-13-43-14-16-44(17-15-43)30-11-7-23(19-38-30)40-36-39-20-24-8-9-26(46(24)42-36)29-21-37-22-52-29/h4-9,11,19-22,27H,1-3,10,12-18H2,(H,40,42)(H,41,47,48). The van der Waals surface area contributed by atoms with Crippen LogP contribution in [0.5, 0.6) is 5.75 Å². The maximum absolute atomic E-state index is 13.3. The predicted molar refractivity (Wildman–Crippen MR) is 193 cm³/mol. The van der Waals surface area contributed by atoms with Gasteiger partial charge >= 0.3 is 0 Å². The minimum Gasteiger partial charge on any atom is -0.493 e. The summed E-state index contributed by atoms with van der Waals surface area (Å²) in [5, 5.41) is 10.2. The molecule has 0 saturated carbocycles. The number of unbranched alkanes of at least 4 members (excludes halogenated alkanes) is 2. The normalized spacial score (nSPS) is 17.9. The second kappa shape index (κ2) is 14.5. The van der Waals surface area contributed by atoms with Gasteiger partial charge in [-0.05, 0) is 68.6 Å². The molecule has 16 heteroatoms. The number of hydrogen-bond donors (Lipinski definition) is 2. The van der Waals surface area contributed by atoms with Gasteiger partial charge in [0.15, 0.2) is 0 Å². The van der Waals surface area contributed by atoms with E-state index in [9.17, 15) is 19.2 Å². The summed E-state index contributed by atoms with van der Waals surface area (Å²) in [4.78, 5) is 70.4. The van der Waals surface area contributed by atoms with E-state index in [1.54, 1.807) is 41.2 Å². The van der Waals surface area contributed by atoms with Crippen LogP contribution in [0.2, 0.25) is 0 Å². The first-order chi connectivity index (χ1) is 25.4. The first-order valence-corrected chi connectivity index (χ1v) is 18.2. The number of piperazine rings is 1. The van der Waals surface area contributed by atoms with E-state index in [2.05, 4.69) is 35.5 Å². The minimum absolute atomic E-state index is 0.0764. The van der Waals surface area contributed by atoms with E-state index in [1.807, 2.05) is 41.2 Å². The summed E-state index contributed by atoms with van der Waals surface area (Å²) >= 11 is 1.57. The number of nitrogens with one attached hydrogen (secondary N) is 2. The minimum atomic E-state index is -1.00. The number of imide groups is 2. The molecule has 2 fully saturated rings. The summed E-state index contributed by atoms with van der Waals surface area (Å²) in [5.74, 6) is -0.374. The maximum atomic E-state index is 13.3. The van der Waals surface area contributed by atoms with Gasteiger partial charge in [0.2, 0.25) is 17.8 Å². The summed E-state index contributed by atoms with van der Waals surface area (Å²) in [6.07, 6.45) is 8.38. The number of hydrogen-bond acceptors (Lipinski definition) is 13. The summed E-state index contributed by atoms with van der Waals surface area (Å²) in [6, 6.07) is 11.9. The van der Waals surface area contributed by atoms with E-state index in [1.165, 1.54) is 0 Å². The molecule has 0 bridgehead atoms. The number of thiazole rings is 1. The molecule has 0 spiro atoms. The Labute approximate surface area is 302 Å². The Morgan fingerprint density at radius 2 is 1.79 bits per heavy atom. The lowest BCUT2D eigenvalue weighted by molar-refractivity contribution is -0.136. The molecule has 3 aliphatic rings. The molecular formula is C36H36N10O5S. The van der Waals surface area contributed by atoms with Crippen molar-refractivity contribution in [1.29, 1.82) is 0 Å². The molecule has 4 amide bonds. The molecule has 8 rings (SSSR count). The van der Waals surface area contributed by atoms with Crippen molar-refractivity contribution in [1.82, 2.24) is 39.7 Å². The van der Waals surface area contributed by atoms with Gasteiger partial charge in [0.25, 0.3) is 11.8 Å². The zero-order valence-corrected chi connectivity index (χ0v) is 29.1. The first kappa shape index (κ1) is 33.4. The number of carbonyl (C=O) groups excluding carboxylic acids is 4. The molecule has 2 saturated heterocycles. The lowest BCUT2D eigenvalue weighted by atomic mass is 10.0. The van der Waals surface area contributed by atoms with Crippen molar-refractivity contribution in [2.45, 2.75) is 38.1 Å². The van der Waals surface area contributed by atoms with Crippen molar-refractivity contribution in [3.05, 3.63) is 77.7 Å². The van der Waals surface area contributed by atoms with Gasteiger partial charge in [-0.1, -0.05) is 6.07 Å². The molecule has 0 radical (unpaired) electrons. The Bertz CT molecular complexity index is 2130. The van der Waals surface area contributed by atoms with Crippen LogP contribution in [0.1, 0.15) is 52.8 Å². The Morgan fingerprint density at radius 3 is 2.58 bits per heavy atom. The average molecular weight is 721 g/mol. The molecule has 3 aliphatic heterocycles. The second-order valence-electron chi connectivity index (χ2n) is 12.9. The number of piperidine rings is 1. The molecule has 52 heavy (non-hydrogen) atoms. The van der Waals surface area contributed by atoms with Gasteiger partial charge in [-0.3, -0.25) is 39.3 Å². The summed E-state index contributed by atoms with van der Waals surface area (Å²) in [5.41, 5.74) is 4.89. The van der Waals surface area contributed by atoms with E-state index in [4.69, 9.17) is 9.72 Å². The maximum Gasteiger partial charge on any atom is 0.266 e. The highest BCUT2D eigenvalue weighted by atomic mass is 32.1. The van der Waals surface area contributed by atoms with Gasteiger partial charge in [-0.25, -0.2) is 14.5 Å². The molecule has 0 aliphatic carbocycles. The number of ether oxygens (including phenoxy) is 1. The van der Waals surface area contributed by atoms with E-state index in [0.717, 1.165) is 84.5 Å². The van der Waals surface area contributed by atoms with Gasteiger partial charge in [0.1, 0.15) is 17.6 Å². The molecule has 4 aromatic heterocycles. The highest BCUT2D eigenvalue weighted by Gasteiger charge is 2.46. The fourth-order valence-corrected chi connectivity index (χ4v) is 7.50. The third-order valence-electron chi connectivity index (χ3n) is 9.59. The van der Waals surface area contributed by atoms with Crippen LogP contribution < -0.4 is 20.3 Å². The SMILES string of the molecule is O=C1CCC(N2C(=O)c3cccc(OCCCCCN4CCN(c5ccc(Nc6ncc7ccc(-c8cncs8)n7n6)cn5)CC4)c3C2=O)C(=O)N1. The number of amides is 4. The van der Waals surface area contributed by atoms with Crippen LogP contribution in [0.25, 0.3) is 16.1 Å². The van der Waals surface area contributed by atoms with Gasteiger partial charge in [-0.2, -0.15) is 0 Å². The Kier molecular flexibility index (Phi) is 9.30. The monoisotopic (exact) mass is 720 g/mol. The van der Waals surface area contributed by atoms with Crippen molar-refractivity contribution in [3.8, 4) is 16.3 Å². The van der Waals surface area contributed by atoms with Crippen molar-refractivity contribution in [3.63, 3.8) is 0 Å². The van der Waals surface area contributed by atoms with E-state index in [-0.39, 0.29) is 24.0 Å². The smallest absolute Gasteiger partial charge is 0.266 e. The third-order valence-corrected chi connectivity index (χ3v) is 10.4. The van der Waals surface area contributed by atoms with Crippen LogP contribution in [0, 0.1) is 0 Å². The quantitative estimate of drug-likeness (QED) is 0.142. The van der Waals surface area contributed by atoms with Crippen LogP contribution in [0.15, 0.2) is 66.6 Å². The van der Waals surface area contributed by atoms with Crippen LogP contribution in [-0.2, 0) is 9.59 Å². The van der Waals surface area contributed by atoms with Crippen molar-refractivity contribution in [2.24, 2.45) is 0 Å². The first-order valence-electron chi connectivity index (χ1n) is 17.3. The van der Waals surface area contributed by atoms with Crippen LogP contribution in [-0.4, -0.2) is 103 Å². The zero-order chi connectivity index (χ0) is 35.6. The molecule has 266 valence electrons. The third kappa shape index (κ3) is 6.69. The average Bonchev–Trinajstić information content (AvgIpc) is 3.90. The number of rotatable bonds is 12. The Hall–Kier alpha value is -5.74. The fourth-order valence-electron chi connectivity index (χ4n) is 6.87. The van der Waals surface area contributed by atoms with Crippen molar-refractivity contribution < 1.29 is 23.9 Å². The van der Waals surface area contributed by atoms with Crippen LogP contribution in [0.4, 0.5) is 17.5 Å². The molecule has 1 aromatic carbocycles. The zero-order valence-electron chi connectivity index (χ0n) is 28.2. The van der Waals surface area contributed by atoms with Crippen LogP contribution >= 0.6 is 11.3 Å². The highest BCUT2D eigenvalue weighted by molar-refractivity contribution is 7.13. The van der Waals surface area contributed by atoms with Crippen LogP contribution in [0.3, 0.4) is 0 Å². The molecule has 1 unspecified atom stereocenters. The summed E-state index contributed by atoms with van der Waals surface area (Å²) < 4.78 is 7.84. The molecular weight excluding hydrogens is 685 g/mol. The van der Waals surface area contributed by atoms with Crippen molar-refractivity contribution >= 4 is 57.9 Å². The second-order valence-corrected chi connectivity index (χ2v) is 13.8. The molecule has 7 heterocycles. The number of benzene rings is 1. The number of anilines is 3. The molecule has 2 N–H and O–H groups in total. The van der Waals surface area contributed by atoms with E-state index >= 15 is 0 Å². The largest absolute Gasteiger partial charge is 0.493 e. The molecule has 15 nitrogen and oxygen atoms in total. The summed E-state index contributed by atoms with van der Waals surface area (Å²) in [6.45, 7) is 5.05. The number of fused-ring (bicyclic) bond motifs is 2. The predicted octanol–water partition coefficient (Wildman–Crippen LogP) is 3.76. The number of nitrogens with zero attached hydrogens (tertiary/aromatic N) is 8. The fraction of sp³-hybridized carbons (Fsp3) is 0.333. The lowest BCUT2D eigenvalue weighted by Gasteiger charge is -2.35. The van der Waals surface area contributed by atoms with E-state index < -0.39 is 29.7 Å². The lowest BCUT2D eigenvalue weighted by Crippen LogP contribution is -2.54. The number of pyridine rings is 1. The molecule has 1 atom stereocenters. The Morgan fingerprint density at radius 1 is 0.904 bits per heavy atom. The highest BCUT2D eigenvalue weighted by Crippen LogP contribution is 2.34. The number of aromatic nitrogens is 5. The van der Waals surface area contributed by atoms with Gasteiger partial charge < -0.3 is 15.0 Å². The number of carbonyl (C=O) groups is 4. The van der Waals surface area contributed by atoms with Gasteiger partial charge in [0.05, 0.1) is 57.4 Å². The van der Waals surface area contributed by atoms with Gasteiger partial charge in [-0.15, -0.1) is 16.4 Å². The van der Waals surface area contributed by atoms with Gasteiger partial charge in [0, 0.05) is 38.8 Å².